The number of amides is 1. The van der Waals surface area contributed by atoms with Gasteiger partial charge in [-0.25, -0.2) is 8.42 Å². The Morgan fingerprint density at radius 3 is 2.26 bits per heavy atom. The number of aryl methyl sites for hydroxylation is 3. The first-order chi connectivity index (χ1) is 12.5. The van der Waals surface area contributed by atoms with E-state index >= 15 is 0 Å². The predicted octanol–water partition coefficient (Wildman–Crippen LogP) is 2.92. The molecule has 0 aliphatic rings. The van der Waals surface area contributed by atoms with Crippen LogP contribution in [0, 0.1) is 30.9 Å². The number of anilines is 2. The second-order valence-corrected chi connectivity index (χ2v) is 8.25. The molecule has 0 saturated carbocycles. The molecule has 27 heavy (non-hydrogen) atoms. The first-order valence-corrected chi connectivity index (χ1v) is 9.93. The molecule has 1 amide bonds. The van der Waals surface area contributed by atoms with Gasteiger partial charge in [-0.05, 0) is 49.6 Å². The molecule has 0 fully saturated rings. The Kier molecular flexibility index (Phi) is 5.85. The van der Waals surface area contributed by atoms with Crippen LogP contribution in [-0.4, -0.2) is 32.0 Å². The highest BCUT2D eigenvalue weighted by molar-refractivity contribution is 7.92. The van der Waals surface area contributed by atoms with Gasteiger partial charge in [0, 0.05) is 17.8 Å². The van der Waals surface area contributed by atoms with Crippen molar-refractivity contribution < 1.29 is 18.1 Å². The first-order valence-electron chi connectivity index (χ1n) is 8.09. The number of carbonyl (C=O) groups is 1. The van der Waals surface area contributed by atoms with E-state index in [1.54, 1.807) is 19.1 Å². The molecule has 0 bridgehead atoms. The number of rotatable bonds is 6. The van der Waals surface area contributed by atoms with Crippen molar-refractivity contribution in [2.24, 2.45) is 0 Å². The summed E-state index contributed by atoms with van der Waals surface area (Å²) in [7, 11) is -3.84. The number of nitro groups is 1. The largest absolute Gasteiger partial charge is 0.325 e. The van der Waals surface area contributed by atoms with Crippen LogP contribution in [0.1, 0.15) is 16.7 Å². The zero-order valence-corrected chi connectivity index (χ0v) is 16.3. The Labute approximate surface area is 158 Å². The van der Waals surface area contributed by atoms with Crippen LogP contribution in [0.2, 0.25) is 0 Å². The van der Waals surface area contributed by atoms with E-state index in [4.69, 9.17) is 0 Å². The molecule has 0 atom stereocenters. The molecule has 0 saturated heterocycles. The lowest BCUT2D eigenvalue weighted by Gasteiger charge is -2.23. The zero-order chi connectivity index (χ0) is 20.4. The number of nitrogens with one attached hydrogen (secondary N) is 1. The number of hydrogen-bond acceptors (Lipinski definition) is 5. The molecule has 9 heteroatoms. The van der Waals surface area contributed by atoms with Crippen molar-refractivity contribution in [3.05, 3.63) is 63.2 Å². The predicted molar refractivity (Wildman–Crippen MR) is 105 cm³/mol. The van der Waals surface area contributed by atoms with Crippen LogP contribution < -0.4 is 9.62 Å². The summed E-state index contributed by atoms with van der Waals surface area (Å²) in [6.07, 6.45) is 0.953. The van der Waals surface area contributed by atoms with Crippen molar-refractivity contribution in [2.75, 3.05) is 22.4 Å². The highest BCUT2D eigenvalue weighted by Gasteiger charge is 2.24. The Morgan fingerprint density at radius 1 is 1.07 bits per heavy atom. The van der Waals surface area contributed by atoms with Gasteiger partial charge in [-0.15, -0.1) is 0 Å². The van der Waals surface area contributed by atoms with Gasteiger partial charge < -0.3 is 5.32 Å². The SMILES string of the molecule is Cc1ccc(NC(=O)CN(c2cc([N+](=O)[O-])ccc2C)S(C)(=O)=O)cc1C. The molecule has 0 heterocycles. The van der Waals surface area contributed by atoms with Gasteiger partial charge in [-0.1, -0.05) is 12.1 Å². The van der Waals surface area contributed by atoms with E-state index in [0.29, 0.717) is 11.3 Å². The van der Waals surface area contributed by atoms with Crippen molar-refractivity contribution in [1.82, 2.24) is 0 Å². The van der Waals surface area contributed by atoms with Crippen LogP contribution in [-0.2, 0) is 14.8 Å². The molecule has 2 aromatic carbocycles. The number of benzene rings is 2. The molecule has 0 aromatic heterocycles. The minimum Gasteiger partial charge on any atom is -0.325 e. The Balaban J connectivity index is 2.33. The van der Waals surface area contributed by atoms with Crippen molar-refractivity contribution in [3.8, 4) is 0 Å². The van der Waals surface area contributed by atoms with Gasteiger partial charge in [0.1, 0.15) is 6.54 Å². The molecule has 2 aromatic rings. The van der Waals surface area contributed by atoms with E-state index in [2.05, 4.69) is 5.32 Å². The minimum atomic E-state index is -3.84. The molecule has 1 N–H and O–H groups in total. The number of nitrogens with zero attached hydrogens (tertiary/aromatic N) is 2. The summed E-state index contributed by atoms with van der Waals surface area (Å²) in [5.74, 6) is -0.547. The topological polar surface area (TPSA) is 110 Å². The van der Waals surface area contributed by atoms with Crippen LogP contribution in [0.4, 0.5) is 17.1 Å². The molecule has 0 radical (unpaired) electrons. The first kappa shape index (κ1) is 20.4. The van der Waals surface area contributed by atoms with E-state index < -0.39 is 27.4 Å². The fourth-order valence-electron chi connectivity index (χ4n) is 2.51. The Hall–Kier alpha value is -2.94. The number of sulfonamides is 1. The van der Waals surface area contributed by atoms with Gasteiger partial charge in [-0.3, -0.25) is 19.2 Å². The highest BCUT2D eigenvalue weighted by Crippen LogP contribution is 2.27. The van der Waals surface area contributed by atoms with E-state index in [1.807, 2.05) is 19.9 Å². The van der Waals surface area contributed by atoms with Crippen LogP contribution in [0.15, 0.2) is 36.4 Å². The summed E-state index contributed by atoms with van der Waals surface area (Å²) < 4.78 is 25.3. The Morgan fingerprint density at radius 2 is 1.70 bits per heavy atom. The molecular formula is C18H21N3O5S. The maximum atomic E-state index is 12.4. The van der Waals surface area contributed by atoms with Gasteiger partial charge in [0.2, 0.25) is 15.9 Å². The second kappa shape index (κ2) is 7.75. The van der Waals surface area contributed by atoms with E-state index in [9.17, 15) is 23.3 Å². The van der Waals surface area contributed by atoms with Crippen LogP contribution in [0.5, 0.6) is 0 Å². The third-order valence-corrected chi connectivity index (χ3v) is 5.28. The van der Waals surface area contributed by atoms with Crippen molar-refractivity contribution in [1.29, 1.82) is 0 Å². The van der Waals surface area contributed by atoms with Gasteiger partial charge in [0.15, 0.2) is 0 Å². The Bertz CT molecular complexity index is 1000. The molecule has 8 nitrogen and oxygen atoms in total. The number of nitro benzene ring substituents is 1. The van der Waals surface area contributed by atoms with Crippen LogP contribution in [0.3, 0.4) is 0 Å². The van der Waals surface area contributed by atoms with Crippen LogP contribution in [0.25, 0.3) is 0 Å². The summed E-state index contributed by atoms with van der Waals surface area (Å²) in [6.45, 7) is 4.98. The third kappa shape index (κ3) is 5.04. The van der Waals surface area contributed by atoms with E-state index in [0.717, 1.165) is 27.8 Å². The average Bonchev–Trinajstić information content (AvgIpc) is 2.55. The lowest BCUT2D eigenvalue weighted by Crippen LogP contribution is -2.37. The summed E-state index contributed by atoms with van der Waals surface area (Å²) in [4.78, 5) is 22.8. The van der Waals surface area contributed by atoms with E-state index in [1.165, 1.54) is 12.1 Å². The summed E-state index contributed by atoms with van der Waals surface area (Å²) in [6, 6.07) is 9.26. The van der Waals surface area contributed by atoms with Gasteiger partial charge in [0.05, 0.1) is 16.9 Å². The lowest BCUT2D eigenvalue weighted by atomic mass is 10.1. The minimum absolute atomic E-state index is 0.0990. The van der Waals surface area contributed by atoms with Gasteiger partial charge in [0.25, 0.3) is 5.69 Å². The van der Waals surface area contributed by atoms with Crippen molar-refractivity contribution in [3.63, 3.8) is 0 Å². The zero-order valence-electron chi connectivity index (χ0n) is 15.5. The summed E-state index contributed by atoms with van der Waals surface area (Å²) in [5.41, 5.74) is 2.96. The number of hydrogen-bond donors (Lipinski definition) is 1. The van der Waals surface area contributed by atoms with Crippen molar-refractivity contribution in [2.45, 2.75) is 20.8 Å². The normalized spacial score (nSPS) is 11.1. The summed E-state index contributed by atoms with van der Waals surface area (Å²) in [5, 5.41) is 13.7. The van der Waals surface area contributed by atoms with E-state index in [-0.39, 0.29) is 11.4 Å². The quantitative estimate of drug-likeness (QED) is 0.601. The van der Waals surface area contributed by atoms with Gasteiger partial charge >= 0.3 is 0 Å². The third-order valence-electron chi connectivity index (χ3n) is 4.15. The maximum absolute atomic E-state index is 12.4. The van der Waals surface area contributed by atoms with Crippen molar-refractivity contribution >= 4 is 33.0 Å². The standard InChI is InChI=1S/C18H21N3O5S/c1-12-5-7-15(9-14(12)3)19-18(22)11-20(27(4,25)26)17-10-16(21(23)24)8-6-13(17)2/h5-10H,11H2,1-4H3,(H,19,22). The maximum Gasteiger partial charge on any atom is 0.271 e. The molecule has 0 unspecified atom stereocenters. The number of carbonyl (C=O) groups excluding carboxylic acids is 1. The fraction of sp³-hybridized carbons (Fsp3) is 0.278. The second-order valence-electron chi connectivity index (χ2n) is 6.34. The van der Waals surface area contributed by atoms with Crippen LogP contribution >= 0.6 is 0 Å². The molecule has 0 spiro atoms. The average molecular weight is 391 g/mol. The fourth-order valence-corrected chi connectivity index (χ4v) is 3.42. The number of non-ortho nitro benzene ring substituents is 1. The molecule has 144 valence electrons. The molecule has 2 rings (SSSR count). The highest BCUT2D eigenvalue weighted by atomic mass is 32.2. The molecule has 0 aliphatic carbocycles. The summed E-state index contributed by atoms with van der Waals surface area (Å²) >= 11 is 0. The molecular weight excluding hydrogens is 370 g/mol. The molecule has 0 aliphatic heterocycles. The smallest absolute Gasteiger partial charge is 0.271 e. The lowest BCUT2D eigenvalue weighted by molar-refractivity contribution is -0.384. The van der Waals surface area contributed by atoms with Gasteiger partial charge in [-0.2, -0.15) is 0 Å². The monoisotopic (exact) mass is 391 g/mol.